The number of benzene rings is 5. The van der Waals surface area contributed by atoms with E-state index < -0.39 is 0 Å². The van der Waals surface area contributed by atoms with E-state index >= 15 is 0 Å². The first-order valence-electron chi connectivity index (χ1n) is 21.7. The standard InChI is InChI=1S/C56H62N4O.CH3.Pt/c1-36-37(2)59(45-29-39(28-43(31-45)56(12,13)14)38-26-41(54(6,7)8)30-42(27-38)55(9,10)11)35-58(36)44-18-17-19-46(33-44)61-47-22-23-49-48-20-15-16-21-50(48)60(51(49)34-47)52-32-40(24-25-57-52)53(3,4)5;;/h15-32H,35H2,1-14H3;1H3;/q-2;-1;. The van der Waals surface area contributed by atoms with Crippen LogP contribution < -0.4 is 14.5 Å². The van der Waals surface area contributed by atoms with E-state index in [0.717, 1.165) is 33.3 Å². The van der Waals surface area contributed by atoms with Crippen LogP contribution in [0, 0.1) is 19.6 Å². The molecule has 6 heteroatoms. The van der Waals surface area contributed by atoms with Crippen LogP contribution >= 0.6 is 0 Å². The van der Waals surface area contributed by atoms with Crippen molar-refractivity contribution in [2.24, 2.45) is 0 Å². The van der Waals surface area contributed by atoms with Gasteiger partial charge < -0.3 is 26.5 Å². The van der Waals surface area contributed by atoms with Crippen molar-refractivity contribution in [2.45, 2.75) is 119 Å². The van der Waals surface area contributed by atoms with Gasteiger partial charge in [-0.05, 0) is 105 Å². The average molecular weight is 1020 g/mol. The number of hydrogen-bond acceptors (Lipinski definition) is 4. The quantitative estimate of drug-likeness (QED) is 0.155. The summed E-state index contributed by atoms with van der Waals surface area (Å²) in [5.74, 6) is 2.13. The molecule has 2 aromatic heterocycles. The van der Waals surface area contributed by atoms with E-state index in [4.69, 9.17) is 9.72 Å². The van der Waals surface area contributed by atoms with Crippen LogP contribution in [-0.4, -0.2) is 16.2 Å². The maximum absolute atomic E-state index is 6.61. The molecule has 5 nitrogen and oxygen atoms in total. The Morgan fingerprint density at radius 2 is 1.11 bits per heavy atom. The molecule has 5 aromatic carbocycles. The van der Waals surface area contributed by atoms with E-state index in [9.17, 15) is 0 Å². The van der Waals surface area contributed by atoms with E-state index in [-0.39, 0.29) is 50.2 Å². The van der Waals surface area contributed by atoms with Crippen LogP contribution in [0.15, 0.2) is 121 Å². The third kappa shape index (κ3) is 9.42. The Bertz CT molecular complexity index is 2800. The molecule has 7 aromatic rings. The van der Waals surface area contributed by atoms with E-state index in [2.05, 4.69) is 214 Å². The molecule has 0 amide bonds. The van der Waals surface area contributed by atoms with Gasteiger partial charge in [0.05, 0.1) is 6.67 Å². The van der Waals surface area contributed by atoms with E-state index in [0.29, 0.717) is 18.2 Å². The zero-order valence-electron chi connectivity index (χ0n) is 40.1. The number of pyridine rings is 1. The summed E-state index contributed by atoms with van der Waals surface area (Å²) in [5, 5.41) is 2.26. The summed E-state index contributed by atoms with van der Waals surface area (Å²) in [5.41, 5.74) is 14.3. The molecule has 0 unspecified atom stereocenters. The number of anilines is 2. The average Bonchev–Trinajstić information content (AvgIpc) is 3.69. The van der Waals surface area contributed by atoms with Crippen LogP contribution in [0.4, 0.5) is 11.4 Å². The van der Waals surface area contributed by atoms with Gasteiger partial charge in [0.15, 0.2) is 0 Å². The molecule has 0 saturated carbocycles. The summed E-state index contributed by atoms with van der Waals surface area (Å²) in [6, 6.07) is 44.7. The topological polar surface area (TPSA) is 33.5 Å². The predicted molar refractivity (Wildman–Crippen MR) is 264 cm³/mol. The first-order chi connectivity index (χ1) is 28.6. The van der Waals surface area contributed by atoms with Crippen LogP contribution in [0.5, 0.6) is 11.5 Å². The second-order valence-corrected chi connectivity index (χ2v) is 21.1. The first-order valence-corrected chi connectivity index (χ1v) is 21.7. The van der Waals surface area contributed by atoms with E-state index in [1.165, 1.54) is 50.5 Å². The molecule has 0 bridgehead atoms. The SMILES string of the molecule is CC1=C(C)N(c2cc(-c3cc(C(C)(C)C)cc(C(C)(C)C)c3)cc(C(C)(C)C)c2)CN1c1[c-]c(Oc2[c-]c3c(cc2)c2ccccc2n3-c2cc(C(C)(C)C)ccn2)ccc1.[CH3-].[Pt]. The van der Waals surface area contributed by atoms with E-state index in [1.807, 2.05) is 18.3 Å². The fourth-order valence-corrected chi connectivity index (χ4v) is 8.25. The third-order valence-electron chi connectivity index (χ3n) is 12.4. The molecule has 63 heavy (non-hydrogen) atoms. The molecular weight excluding hydrogens is 952 g/mol. The monoisotopic (exact) mass is 1020 g/mol. The Hall–Kier alpha value is -5.12. The molecule has 0 saturated heterocycles. The Labute approximate surface area is 392 Å². The van der Waals surface area contributed by atoms with Crippen molar-refractivity contribution in [1.29, 1.82) is 0 Å². The Kier molecular flexibility index (Phi) is 12.9. The second-order valence-electron chi connectivity index (χ2n) is 21.1. The summed E-state index contributed by atoms with van der Waals surface area (Å²) in [6.45, 7) is 32.6. The predicted octanol–water partition coefficient (Wildman–Crippen LogP) is 15.4. The Balaban J connectivity index is 0.00000330. The minimum absolute atomic E-state index is 0. The van der Waals surface area contributed by atoms with Gasteiger partial charge >= 0.3 is 0 Å². The molecule has 0 fully saturated rings. The van der Waals surface area contributed by atoms with Crippen LogP contribution in [0.2, 0.25) is 0 Å². The number of allylic oxidation sites excluding steroid dienone is 2. The molecule has 0 spiro atoms. The molecule has 0 aliphatic carbocycles. The molecule has 0 atom stereocenters. The summed E-state index contributed by atoms with van der Waals surface area (Å²) >= 11 is 0. The van der Waals surface area contributed by atoms with Crippen LogP contribution in [0.3, 0.4) is 0 Å². The largest absolute Gasteiger partial charge is 0.509 e. The summed E-state index contributed by atoms with van der Waals surface area (Å²) < 4.78 is 8.81. The smallest absolute Gasteiger partial charge is 0.135 e. The van der Waals surface area contributed by atoms with Crippen LogP contribution in [0.25, 0.3) is 38.8 Å². The van der Waals surface area contributed by atoms with Crippen molar-refractivity contribution in [2.75, 3.05) is 16.5 Å². The number of ether oxygens (including phenoxy) is 1. The number of rotatable bonds is 6. The third-order valence-corrected chi connectivity index (χ3v) is 12.4. The number of hydrogen-bond donors (Lipinski definition) is 0. The molecule has 1 aliphatic heterocycles. The van der Waals surface area contributed by atoms with Crippen molar-refractivity contribution in [3.8, 4) is 28.4 Å². The van der Waals surface area contributed by atoms with Crippen molar-refractivity contribution in [3.05, 3.63) is 163 Å². The first kappa shape index (κ1) is 47.4. The van der Waals surface area contributed by atoms with Crippen molar-refractivity contribution in [3.63, 3.8) is 0 Å². The van der Waals surface area contributed by atoms with Gasteiger partial charge in [0.2, 0.25) is 0 Å². The maximum atomic E-state index is 6.61. The van der Waals surface area contributed by atoms with Gasteiger partial charge in [-0.25, -0.2) is 4.98 Å². The fourth-order valence-electron chi connectivity index (χ4n) is 8.25. The van der Waals surface area contributed by atoms with Gasteiger partial charge in [-0.3, -0.25) is 0 Å². The van der Waals surface area contributed by atoms with Crippen molar-refractivity contribution >= 4 is 33.2 Å². The van der Waals surface area contributed by atoms with Crippen LogP contribution in [0.1, 0.15) is 119 Å². The van der Waals surface area contributed by atoms with Crippen molar-refractivity contribution < 1.29 is 25.8 Å². The summed E-state index contributed by atoms with van der Waals surface area (Å²) in [7, 11) is 0. The van der Waals surface area contributed by atoms with Gasteiger partial charge in [-0.2, -0.15) is 12.1 Å². The molecule has 0 radical (unpaired) electrons. The molecule has 1 aliphatic rings. The van der Waals surface area contributed by atoms with Gasteiger partial charge in [-0.1, -0.05) is 137 Å². The normalized spacial score (nSPS) is 13.7. The minimum Gasteiger partial charge on any atom is -0.509 e. The van der Waals surface area contributed by atoms with Gasteiger partial charge in [0.1, 0.15) is 5.82 Å². The van der Waals surface area contributed by atoms with Crippen molar-refractivity contribution in [1.82, 2.24) is 9.55 Å². The van der Waals surface area contributed by atoms with Gasteiger partial charge in [-0.15, -0.1) is 35.7 Å². The van der Waals surface area contributed by atoms with E-state index in [1.54, 1.807) is 0 Å². The fraction of sp³-hybridized carbons (Fsp3) is 0.333. The number of para-hydroxylation sites is 1. The summed E-state index contributed by atoms with van der Waals surface area (Å²) in [6.07, 6.45) is 1.91. The number of aromatic nitrogens is 2. The molecule has 3 heterocycles. The second kappa shape index (κ2) is 17.1. The summed E-state index contributed by atoms with van der Waals surface area (Å²) in [4.78, 5) is 9.63. The van der Waals surface area contributed by atoms with Crippen LogP contribution in [-0.2, 0) is 42.7 Å². The minimum atomic E-state index is -0.0356. The number of fused-ring (bicyclic) bond motifs is 3. The molecule has 8 rings (SSSR count). The Morgan fingerprint density at radius 1 is 0.540 bits per heavy atom. The maximum Gasteiger partial charge on any atom is 0.135 e. The molecule has 332 valence electrons. The van der Waals surface area contributed by atoms with Gasteiger partial charge in [0, 0.05) is 61.4 Å². The Morgan fingerprint density at radius 3 is 1.75 bits per heavy atom. The molecule has 0 N–H and O–H groups in total. The zero-order valence-corrected chi connectivity index (χ0v) is 42.4. The zero-order chi connectivity index (χ0) is 43.8. The van der Waals surface area contributed by atoms with Gasteiger partial charge in [0.25, 0.3) is 0 Å². The molecular formula is C57H65N4OPt-3. The number of nitrogens with zero attached hydrogens (tertiary/aromatic N) is 4.